The summed E-state index contributed by atoms with van der Waals surface area (Å²) < 4.78 is 49.1. The molecule has 1 aromatic rings. The Balaban J connectivity index is 2.84. The quantitative estimate of drug-likeness (QED) is 0.675. The highest BCUT2D eigenvalue weighted by Crippen LogP contribution is 2.21. The van der Waals surface area contributed by atoms with E-state index in [1.807, 2.05) is 5.32 Å². The van der Waals surface area contributed by atoms with Crippen molar-refractivity contribution in [3.05, 3.63) is 33.8 Å². The summed E-state index contributed by atoms with van der Waals surface area (Å²) in [6, 6.07) is 1.52. The predicted octanol–water partition coefficient (Wildman–Crippen LogP) is 2.72. The van der Waals surface area contributed by atoms with Crippen LogP contribution in [0.1, 0.15) is 10.4 Å². The van der Waals surface area contributed by atoms with Crippen molar-refractivity contribution < 1.29 is 22.4 Å². The van der Waals surface area contributed by atoms with Crippen molar-refractivity contribution in [2.75, 3.05) is 6.54 Å². The van der Waals surface area contributed by atoms with Crippen molar-refractivity contribution in [1.82, 2.24) is 5.32 Å². The van der Waals surface area contributed by atoms with Gasteiger partial charge in [0, 0.05) is 5.56 Å². The van der Waals surface area contributed by atoms with Gasteiger partial charge in [0.15, 0.2) is 0 Å². The Kier molecular flexibility index (Phi) is 4.28. The van der Waals surface area contributed by atoms with E-state index in [1.54, 1.807) is 0 Å². The lowest BCUT2D eigenvalue weighted by Crippen LogP contribution is -2.28. The minimum absolute atomic E-state index is 0.348. The number of halogens is 5. The zero-order valence-electron chi connectivity index (χ0n) is 7.74. The van der Waals surface area contributed by atoms with Crippen molar-refractivity contribution in [2.45, 2.75) is 6.43 Å². The summed E-state index contributed by atoms with van der Waals surface area (Å²) in [4.78, 5) is 11.2. The Hall–Kier alpha value is -1.11. The summed E-state index contributed by atoms with van der Waals surface area (Å²) in [6.45, 7) is -0.863. The molecule has 0 aliphatic heterocycles. The third-order valence-electron chi connectivity index (χ3n) is 1.66. The SMILES string of the molecule is O=C(NCC(F)F)c1cc(F)c(Br)c(F)c1. The fraction of sp³-hybridized carbons (Fsp3) is 0.222. The monoisotopic (exact) mass is 299 g/mol. The zero-order chi connectivity index (χ0) is 12.3. The van der Waals surface area contributed by atoms with Gasteiger partial charge in [-0.2, -0.15) is 0 Å². The van der Waals surface area contributed by atoms with Crippen molar-refractivity contribution in [3.63, 3.8) is 0 Å². The van der Waals surface area contributed by atoms with E-state index in [1.165, 1.54) is 0 Å². The van der Waals surface area contributed by atoms with Crippen LogP contribution in [0.4, 0.5) is 17.6 Å². The van der Waals surface area contributed by atoms with Crippen LogP contribution >= 0.6 is 15.9 Å². The molecule has 0 bridgehead atoms. The van der Waals surface area contributed by atoms with Gasteiger partial charge in [0.25, 0.3) is 12.3 Å². The third-order valence-corrected chi connectivity index (χ3v) is 2.42. The summed E-state index contributed by atoms with van der Waals surface area (Å²) in [5.74, 6) is -2.89. The highest BCUT2D eigenvalue weighted by Gasteiger charge is 2.14. The van der Waals surface area contributed by atoms with Crippen LogP contribution in [0.3, 0.4) is 0 Å². The lowest BCUT2D eigenvalue weighted by Gasteiger charge is -2.05. The average Bonchev–Trinajstić information content (AvgIpc) is 2.21. The minimum atomic E-state index is -2.71. The largest absolute Gasteiger partial charge is 0.346 e. The van der Waals surface area contributed by atoms with Gasteiger partial charge in [-0.3, -0.25) is 4.79 Å². The fourth-order valence-electron chi connectivity index (χ4n) is 0.959. The maximum absolute atomic E-state index is 13.0. The number of amides is 1. The highest BCUT2D eigenvalue weighted by atomic mass is 79.9. The Morgan fingerprint density at radius 1 is 1.31 bits per heavy atom. The number of hydrogen-bond acceptors (Lipinski definition) is 1. The topological polar surface area (TPSA) is 29.1 Å². The van der Waals surface area contributed by atoms with Gasteiger partial charge in [-0.1, -0.05) is 0 Å². The second-order valence-corrected chi connectivity index (χ2v) is 3.65. The molecule has 0 saturated heterocycles. The summed E-state index contributed by atoms with van der Waals surface area (Å²) in [6.07, 6.45) is -2.71. The van der Waals surface area contributed by atoms with Gasteiger partial charge in [0.05, 0.1) is 11.0 Å². The van der Waals surface area contributed by atoms with Gasteiger partial charge in [-0.05, 0) is 28.1 Å². The number of alkyl halides is 2. The average molecular weight is 300 g/mol. The third kappa shape index (κ3) is 3.19. The van der Waals surface area contributed by atoms with Gasteiger partial charge >= 0.3 is 0 Å². The van der Waals surface area contributed by atoms with Crippen LogP contribution in [-0.4, -0.2) is 18.9 Å². The van der Waals surface area contributed by atoms with E-state index in [-0.39, 0.29) is 5.56 Å². The van der Waals surface area contributed by atoms with Gasteiger partial charge in [0.2, 0.25) is 0 Å². The van der Waals surface area contributed by atoms with E-state index in [0.717, 1.165) is 12.1 Å². The molecule has 0 saturated carbocycles. The standard InChI is InChI=1S/C9H6BrF4NO/c10-8-5(11)1-4(2-6(8)12)9(16)15-3-7(13)14/h1-2,7H,3H2,(H,15,16). The van der Waals surface area contributed by atoms with Crippen LogP contribution in [0.25, 0.3) is 0 Å². The minimum Gasteiger partial charge on any atom is -0.346 e. The maximum atomic E-state index is 13.0. The number of rotatable bonds is 3. The zero-order valence-corrected chi connectivity index (χ0v) is 9.32. The van der Waals surface area contributed by atoms with Crippen molar-refractivity contribution in [3.8, 4) is 0 Å². The molecule has 1 N–H and O–H groups in total. The summed E-state index contributed by atoms with van der Waals surface area (Å²) in [5.41, 5.74) is -0.348. The van der Waals surface area contributed by atoms with E-state index in [9.17, 15) is 22.4 Å². The normalized spacial score (nSPS) is 10.6. The molecule has 7 heteroatoms. The maximum Gasteiger partial charge on any atom is 0.255 e. The number of carbonyl (C=O) groups excluding carboxylic acids is 1. The number of nitrogens with one attached hydrogen (secondary N) is 1. The second kappa shape index (κ2) is 5.29. The molecule has 0 aliphatic carbocycles. The molecule has 0 spiro atoms. The summed E-state index contributed by atoms with van der Waals surface area (Å²) in [7, 11) is 0. The van der Waals surface area contributed by atoms with Gasteiger partial charge < -0.3 is 5.32 Å². The summed E-state index contributed by atoms with van der Waals surface area (Å²) >= 11 is 2.62. The first kappa shape index (κ1) is 13.0. The number of benzene rings is 1. The van der Waals surface area contributed by atoms with Crippen LogP contribution in [0.5, 0.6) is 0 Å². The number of hydrogen-bond donors (Lipinski definition) is 1. The van der Waals surface area contributed by atoms with Gasteiger partial charge in [-0.25, -0.2) is 17.6 Å². The predicted molar refractivity (Wildman–Crippen MR) is 52.4 cm³/mol. The molecular formula is C9H6BrF4NO. The first-order valence-corrected chi connectivity index (χ1v) is 4.92. The molecule has 1 aromatic carbocycles. The summed E-state index contributed by atoms with van der Waals surface area (Å²) in [5, 5.41) is 1.83. The Morgan fingerprint density at radius 2 is 1.81 bits per heavy atom. The van der Waals surface area contributed by atoms with Crippen LogP contribution in [0, 0.1) is 11.6 Å². The molecular weight excluding hydrogens is 294 g/mol. The fourth-order valence-corrected chi connectivity index (χ4v) is 1.19. The van der Waals surface area contributed by atoms with Gasteiger partial charge in [0.1, 0.15) is 11.6 Å². The highest BCUT2D eigenvalue weighted by molar-refractivity contribution is 9.10. The van der Waals surface area contributed by atoms with E-state index < -0.39 is 35.0 Å². The van der Waals surface area contributed by atoms with Crippen LogP contribution < -0.4 is 5.32 Å². The first-order valence-electron chi connectivity index (χ1n) is 4.12. The van der Waals surface area contributed by atoms with E-state index in [4.69, 9.17) is 0 Å². The van der Waals surface area contributed by atoms with E-state index in [2.05, 4.69) is 15.9 Å². The molecule has 0 aliphatic rings. The van der Waals surface area contributed by atoms with E-state index >= 15 is 0 Å². The molecule has 88 valence electrons. The lowest BCUT2D eigenvalue weighted by molar-refractivity contribution is 0.0891. The van der Waals surface area contributed by atoms with Crippen molar-refractivity contribution in [2.24, 2.45) is 0 Å². The number of carbonyl (C=O) groups is 1. The molecule has 0 heterocycles. The second-order valence-electron chi connectivity index (χ2n) is 2.85. The van der Waals surface area contributed by atoms with Crippen molar-refractivity contribution in [1.29, 1.82) is 0 Å². The van der Waals surface area contributed by atoms with E-state index in [0.29, 0.717) is 0 Å². The molecule has 0 unspecified atom stereocenters. The molecule has 0 fully saturated rings. The molecule has 0 radical (unpaired) electrons. The van der Waals surface area contributed by atoms with Crippen LogP contribution in [0.15, 0.2) is 16.6 Å². The van der Waals surface area contributed by atoms with Crippen LogP contribution in [-0.2, 0) is 0 Å². The van der Waals surface area contributed by atoms with Crippen LogP contribution in [0.2, 0.25) is 0 Å². The molecule has 16 heavy (non-hydrogen) atoms. The molecule has 1 rings (SSSR count). The Labute approximate surface area is 96.8 Å². The molecule has 0 aromatic heterocycles. The van der Waals surface area contributed by atoms with Crippen molar-refractivity contribution >= 4 is 21.8 Å². The molecule has 2 nitrogen and oxygen atoms in total. The van der Waals surface area contributed by atoms with Gasteiger partial charge in [-0.15, -0.1) is 0 Å². The molecule has 0 atom stereocenters. The Morgan fingerprint density at radius 3 is 2.25 bits per heavy atom. The molecule has 1 amide bonds. The smallest absolute Gasteiger partial charge is 0.255 e. The lowest BCUT2D eigenvalue weighted by atomic mass is 10.2. The Bertz CT molecular complexity index is 387. The first-order chi connectivity index (χ1) is 7.41.